The van der Waals surface area contributed by atoms with Crippen molar-refractivity contribution in [1.82, 2.24) is 4.98 Å². The minimum absolute atomic E-state index is 0.321. The molecule has 0 saturated carbocycles. The minimum atomic E-state index is -0.403. The average molecular weight is 314 g/mol. The van der Waals surface area contributed by atoms with Gasteiger partial charge in [-0.15, -0.1) is 0 Å². The van der Waals surface area contributed by atoms with Crippen molar-refractivity contribution >= 4 is 17.9 Å². The Morgan fingerprint density at radius 1 is 1.26 bits per heavy atom. The van der Waals surface area contributed by atoms with Gasteiger partial charge in [-0.05, 0) is 42.3 Å². The van der Waals surface area contributed by atoms with Crippen molar-refractivity contribution < 1.29 is 19.7 Å². The topological polar surface area (TPSA) is 81.0 Å². The van der Waals surface area contributed by atoms with Crippen molar-refractivity contribution in [1.29, 1.82) is 0 Å². The largest absolute Gasteiger partial charge is 0.493 e. The molecule has 1 aromatic carbocycles. The third-order valence-electron chi connectivity index (χ3n) is 3.19. The van der Waals surface area contributed by atoms with E-state index in [1.165, 1.54) is 5.56 Å². The lowest BCUT2D eigenvalue weighted by Crippen LogP contribution is -2.03. The number of aliphatic imine (C=N–C) groups is 1. The van der Waals surface area contributed by atoms with Gasteiger partial charge in [0.2, 0.25) is 6.29 Å². The molecule has 1 N–H and O–H groups in total. The molecule has 0 amide bonds. The summed E-state index contributed by atoms with van der Waals surface area (Å²) >= 11 is 0. The number of nitrogens with zero attached hydrogens (tertiary/aromatic N) is 2. The first-order valence-corrected chi connectivity index (χ1v) is 7.27. The van der Waals surface area contributed by atoms with E-state index in [2.05, 4.69) is 27.9 Å². The van der Waals surface area contributed by atoms with Crippen LogP contribution in [0.15, 0.2) is 47.6 Å². The zero-order valence-electron chi connectivity index (χ0n) is 12.8. The van der Waals surface area contributed by atoms with E-state index in [4.69, 9.17) is 9.99 Å². The van der Waals surface area contributed by atoms with E-state index in [1.54, 1.807) is 24.3 Å². The van der Waals surface area contributed by atoms with Crippen molar-refractivity contribution in [3.8, 4) is 5.75 Å². The van der Waals surface area contributed by atoms with Gasteiger partial charge in [-0.1, -0.05) is 13.0 Å². The van der Waals surface area contributed by atoms with Crippen molar-refractivity contribution in [3.63, 3.8) is 0 Å². The molecule has 0 atom stereocenters. The fraction of sp³-hybridized carbons (Fsp3) is 0.235. The summed E-state index contributed by atoms with van der Waals surface area (Å²) in [4.78, 5) is 22.5. The molecule has 2 rings (SSSR count). The zero-order chi connectivity index (χ0) is 16.5. The third kappa shape index (κ3) is 5.19. The van der Waals surface area contributed by atoms with E-state index >= 15 is 0 Å². The predicted octanol–water partition coefficient (Wildman–Crippen LogP) is 2.98. The second kappa shape index (κ2) is 8.65. The number of benzene rings is 1. The number of carbonyl (C=O) groups excluding carboxylic acids is 1. The van der Waals surface area contributed by atoms with E-state index in [-0.39, 0.29) is 0 Å². The van der Waals surface area contributed by atoms with Crippen LogP contribution in [-0.4, -0.2) is 29.0 Å². The Hall–Kier alpha value is -2.73. The summed E-state index contributed by atoms with van der Waals surface area (Å²) in [5.41, 5.74) is 2.68. The second-order valence-electron chi connectivity index (χ2n) is 4.76. The number of aryl methyl sites for hydroxylation is 1. The first kappa shape index (κ1) is 16.6. The molecular formula is C17H18N2O4. The Kier molecular flexibility index (Phi) is 6.26. The highest BCUT2D eigenvalue weighted by atomic mass is 17.1. The fourth-order valence-corrected chi connectivity index (χ4v) is 1.90. The lowest BCUT2D eigenvalue weighted by atomic mass is 10.2. The van der Waals surface area contributed by atoms with Crippen molar-refractivity contribution in [2.45, 2.75) is 19.8 Å². The maximum absolute atomic E-state index is 10.5. The monoisotopic (exact) mass is 314 g/mol. The normalized spacial score (nSPS) is 11.1. The lowest BCUT2D eigenvalue weighted by molar-refractivity contribution is -0.158. The van der Waals surface area contributed by atoms with Gasteiger partial charge >= 0.3 is 0 Å². The van der Waals surface area contributed by atoms with Crippen LogP contribution in [0.25, 0.3) is 0 Å². The maximum Gasteiger partial charge on any atom is 0.296 e. The Labute approximate surface area is 134 Å². The number of ether oxygens (including phenoxy) is 1. The van der Waals surface area contributed by atoms with Crippen LogP contribution in [0, 0.1) is 0 Å². The molecule has 0 unspecified atom stereocenters. The highest BCUT2D eigenvalue weighted by Gasteiger charge is 2.00. The Morgan fingerprint density at radius 2 is 2.04 bits per heavy atom. The van der Waals surface area contributed by atoms with Gasteiger partial charge in [-0.3, -0.25) is 9.78 Å². The predicted molar refractivity (Wildman–Crippen MR) is 86.1 cm³/mol. The van der Waals surface area contributed by atoms with Crippen LogP contribution in [0.3, 0.4) is 0 Å². The molecule has 1 aromatic heterocycles. The van der Waals surface area contributed by atoms with Crippen molar-refractivity contribution in [2.75, 3.05) is 6.61 Å². The SMILES string of the molecule is CCc1ccc(CCOc2ccc(N=C(C=O)OO)cc2)nc1. The van der Waals surface area contributed by atoms with Crippen LogP contribution in [-0.2, 0) is 22.5 Å². The van der Waals surface area contributed by atoms with E-state index < -0.39 is 5.90 Å². The number of hydrogen-bond donors (Lipinski definition) is 1. The van der Waals surface area contributed by atoms with Gasteiger partial charge in [0.05, 0.1) is 12.3 Å². The van der Waals surface area contributed by atoms with Crippen LogP contribution in [0.4, 0.5) is 5.69 Å². The van der Waals surface area contributed by atoms with E-state index in [0.717, 1.165) is 18.5 Å². The van der Waals surface area contributed by atoms with Crippen molar-refractivity contribution in [2.24, 2.45) is 4.99 Å². The first-order valence-electron chi connectivity index (χ1n) is 7.27. The molecule has 1 heterocycles. The molecule has 0 radical (unpaired) electrons. The molecule has 0 saturated heterocycles. The van der Waals surface area contributed by atoms with Crippen LogP contribution in [0.5, 0.6) is 5.75 Å². The molecule has 6 heteroatoms. The zero-order valence-corrected chi connectivity index (χ0v) is 12.8. The molecule has 0 spiro atoms. The highest BCUT2D eigenvalue weighted by molar-refractivity contribution is 6.24. The summed E-state index contributed by atoms with van der Waals surface area (Å²) in [6.45, 7) is 2.61. The van der Waals surface area contributed by atoms with E-state index in [9.17, 15) is 4.79 Å². The number of hydrogen-bond acceptors (Lipinski definition) is 6. The second-order valence-corrected chi connectivity index (χ2v) is 4.76. The van der Waals surface area contributed by atoms with Crippen LogP contribution in [0.1, 0.15) is 18.2 Å². The summed E-state index contributed by atoms with van der Waals surface area (Å²) in [6.07, 6.45) is 3.90. The molecule has 0 aliphatic carbocycles. The van der Waals surface area contributed by atoms with Crippen molar-refractivity contribution in [3.05, 3.63) is 53.9 Å². The van der Waals surface area contributed by atoms with Crippen LogP contribution < -0.4 is 4.74 Å². The number of rotatable bonds is 7. The quantitative estimate of drug-likeness (QED) is 0.279. The van der Waals surface area contributed by atoms with Gasteiger partial charge in [0.15, 0.2) is 0 Å². The number of carbonyl (C=O) groups is 1. The molecule has 6 nitrogen and oxygen atoms in total. The molecule has 0 bridgehead atoms. The smallest absolute Gasteiger partial charge is 0.296 e. The molecule has 0 fully saturated rings. The molecule has 23 heavy (non-hydrogen) atoms. The van der Waals surface area contributed by atoms with Gasteiger partial charge < -0.3 is 9.62 Å². The number of pyridine rings is 1. The fourth-order valence-electron chi connectivity index (χ4n) is 1.90. The Morgan fingerprint density at radius 3 is 2.61 bits per heavy atom. The number of aldehydes is 1. The average Bonchev–Trinajstić information content (AvgIpc) is 2.61. The summed E-state index contributed by atoms with van der Waals surface area (Å²) in [5, 5.41) is 8.41. The molecular weight excluding hydrogens is 296 g/mol. The van der Waals surface area contributed by atoms with Gasteiger partial charge in [0, 0.05) is 18.3 Å². The molecule has 0 aliphatic heterocycles. The highest BCUT2D eigenvalue weighted by Crippen LogP contribution is 2.18. The van der Waals surface area contributed by atoms with Gasteiger partial charge in [0.25, 0.3) is 5.90 Å². The van der Waals surface area contributed by atoms with Crippen LogP contribution in [0.2, 0.25) is 0 Å². The standard InChI is InChI=1S/C17H18N2O4/c1-2-13-3-4-14(18-11-13)9-10-22-16-7-5-15(6-8-16)19-17(12-20)23-21/h3-8,11-12,21H,2,9-10H2,1H3. The van der Waals surface area contributed by atoms with Crippen LogP contribution >= 0.6 is 0 Å². The molecule has 2 aromatic rings. The van der Waals surface area contributed by atoms with E-state index in [1.807, 2.05) is 12.3 Å². The molecule has 120 valence electrons. The van der Waals surface area contributed by atoms with E-state index in [0.29, 0.717) is 24.3 Å². The summed E-state index contributed by atoms with van der Waals surface area (Å²) in [7, 11) is 0. The summed E-state index contributed by atoms with van der Waals surface area (Å²) in [6, 6.07) is 10.9. The summed E-state index contributed by atoms with van der Waals surface area (Å²) in [5.74, 6) is 0.284. The maximum atomic E-state index is 10.5. The first-order chi connectivity index (χ1) is 11.2. The van der Waals surface area contributed by atoms with Gasteiger partial charge in [0.1, 0.15) is 5.75 Å². The minimum Gasteiger partial charge on any atom is -0.493 e. The third-order valence-corrected chi connectivity index (χ3v) is 3.19. The molecule has 0 aliphatic rings. The Balaban J connectivity index is 1.86. The van der Waals surface area contributed by atoms with Gasteiger partial charge in [-0.2, -0.15) is 0 Å². The van der Waals surface area contributed by atoms with Gasteiger partial charge in [-0.25, -0.2) is 10.2 Å². The summed E-state index contributed by atoms with van der Waals surface area (Å²) < 4.78 is 5.64. The lowest BCUT2D eigenvalue weighted by Gasteiger charge is -2.06. The Bertz CT molecular complexity index is 651. The number of aromatic nitrogens is 1.